The van der Waals surface area contributed by atoms with Crippen LogP contribution in [0.25, 0.3) is 0 Å². The lowest BCUT2D eigenvalue weighted by molar-refractivity contribution is 0.102. The van der Waals surface area contributed by atoms with Gasteiger partial charge >= 0.3 is 0 Å². The van der Waals surface area contributed by atoms with Crippen molar-refractivity contribution in [3.05, 3.63) is 53.1 Å². The molecule has 2 aromatic carbocycles. The first kappa shape index (κ1) is 22.6. The highest BCUT2D eigenvalue weighted by molar-refractivity contribution is 7.89. The van der Waals surface area contributed by atoms with Gasteiger partial charge in [0.15, 0.2) is 0 Å². The number of anilines is 2. The minimum atomic E-state index is -3.71. The van der Waals surface area contributed by atoms with Crippen LogP contribution in [0.2, 0.25) is 5.02 Å². The standard InChI is InChI=1S/C22H28ClN3O3S/c1-16(2)25(3)30(28,29)19-11-12-21(23)20(15-19)22(27)24-17-7-9-18(10-8-17)26-13-5-4-6-14-26/h7-12,15-16H,4-6,13-14H2,1-3H3,(H,24,27). The molecule has 2 aromatic rings. The number of nitrogens with one attached hydrogen (secondary N) is 1. The molecule has 8 heteroatoms. The third-order valence-corrected chi connectivity index (χ3v) is 7.79. The summed E-state index contributed by atoms with van der Waals surface area (Å²) in [4.78, 5) is 15.2. The summed E-state index contributed by atoms with van der Waals surface area (Å²) in [6.07, 6.45) is 3.66. The van der Waals surface area contributed by atoms with Gasteiger partial charge < -0.3 is 10.2 Å². The van der Waals surface area contributed by atoms with E-state index in [1.807, 2.05) is 24.3 Å². The van der Waals surface area contributed by atoms with Crippen LogP contribution in [0.3, 0.4) is 0 Å². The maximum Gasteiger partial charge on any atom is 0.257 e. The van der Waals surface area contributed by atoms with Gasteiger partial charge in [-0.05, 0) is 75.6 Å². The Morgan fingerprint density at radius 1 is 1.07 bits per heavy atom. The molecular weight excluding hydrogens is 422 g/mol. The van der Waals surface area contributed by atoms with E-state index in [0.717, 1.165) is 18.8 Å². The first-order valence-electron chi connectivity index (χ1n) is 10.1. The first-order chi connectivity index (χ1) is 14.2. The summed E-state index contributed by atoms with van der Waals surface area (Å²) in [5, 5.41) is 3.01. The molecular formula is C22H28ClN3O3S. The Morgan fingerprint density at radius 2 is 1.70 bits per heavy atom. The minimum absolute atomic E-state index is 0.0358. The Morgan fingerprint density at radius 3 is 2.30 bits per heavy atom. The fourth-order valence-electron chi connectivity index (χ4n) is 3.39. The molecule has 3 rings (SSSR count). The van der Waals surface area contributed by atoms with E-state index in [-0.39, 0.29) is 21.5 Å². The number of hydrogen-bond acceptors (Lipinski definition) is 4. The molecule has 1 heterocycles. The molecule has 1 amide bonds. The van der Waals surface area contributed by atoms with Crippen LogP contribution in [0.4, 0.5) is 11.4 Å². The van der Waals surface area contributed by atoms with Crippen molar-refractivity contribution in [1.29, 1.82) is 0 Å². The summed E-state index contributed by atoms with van der Waals surface area (Å²) < 4.78 is 26.8. The number of carbonyl (C=O) groups is 1. The highest BCUT2D eigenvalue weighted by Gasteiger charge is 2.25. The van der Waals surface area contributed by atoms with E-state index in [2.05, 4.69) is 10.2 Å². The highest BCUT2D eigenvalue weighted by atomic mass is 35.5. The molecule has 0 aliphatic carbocycles. The normalized spacial score (nSPS) is 14.9. The number of sulfonamides is 1. The second-order valence-corrected chi connectivity index (χ2v) is 10.2. The average molecular weight is 450 g/mol. The Kier molecular flexibility index (Phi) is 7.06. The maximum absolute atomic E-state index is 12.8. The SMILES string of the molecule is CC(C)N(C)S(=O)(=O)c1ccc(Cl)c(C(=O)Nc2ccc(N3CCCCC3)cc2)c1. The summed E-state index contributed by atoms with van der Waals surface area (Å²) in [6, 6.07) is 11.7. The zero-order valence-corrected chi connectivity index (χ0v) is 19.1. The Hall–Kier alpha value is -2.09. The van der Waals surface area contributed by atoms with Gasteiger partial charge in [-0.1, -0.05) is 11.6 Å². The number of amides is 1. The molecule has 30 heavy (non-hydrogen) atoms. The fourth-order valence-corrected chi connectivity index (χ4v) is 4.99. The van der Waals surface area contributed by atoms with Gasteiger partial charge in [-0.15, -0.1) is 0 Å². The Bertz CT molecular complexity index is 1000. The quantitative estimate of drug-likeness (QED) is 0.699. The maximum atomic E-state index is 12.8. The van der Waals surface area contributed by atoms with Crippen molar-refractivity contribution >= 4 is 38.9 Å². The van der Waals surface area contributed by atoms with E-state index >= 15 is 0 Å². The van der Waals surface area contributed by atoms with Gasteiger partial charge in [0.2, 0.25) is 10.0 Å². The van der Waals surface area contributed by atoms with E-state index in [0.29, 0.717) is 5.69 Å². The smallest absolute Gasteiger partial charge is 0.257 e. The average Bonchev–Trinajstić information content (AvgIpc) is 2.74. The molecule has 1 fully saturated rings. The Labute approximate surface area is 183 Å². The van der Waals surface area contributed by atoms with E-state index in [9.17, 15) is 13.2 Å². The number of piperidine rings is 1. The largest absolute Gasteiger partial charge is 0.372 e. The van der Waals surface area contributed by atoms with E-state index in [1.54, 1.807) is 13.8 Å². The van der Waals surface area contributed by atoms with Gasteiger partial charge in [-0.3, -0.25) is 4.79 Å². The van der Waals surface area contributed by atoms with Crippen LogP contribution in [0.15, 0.2) is 47.4 Å². The van der Waals surface area contributed by atoms with Gasteiger partial charge in [0.05, 0.1) is 15.5 Å². The molecule has 0 bridgehead atoms. The lowest BCUT2D eigenvalue weighted by Crippen LogP contribution is -2.33. The summed E-state index contributed by atoms with van der Waals surface area (Å²) in [5.74, 6) is -0.449. The molecule has 1 saturated heterocycles. The van der Waals surface area contributed by atoms with Crippen LogP contribution in [-0.2, 0) is 10.0 Å². The van der Waals surface area contributed by atoms with Gasteiger partial charge in [0.1, 0.15) is 0 Å². The number of halogens is 1. The highest BCUT2D eigenvalue weighted by Crippen LogP contribution is 2.26. The molecule has 0 atom stereocenters. The monoisotopic (exact) mass is 449 g/mol. The van der Waals surface area contributed by atoms with Crippen molar-refractivity contribution in [1.82, 2.24) is 4.31 Å². The van der Waals surface area contributed by atoms with Crippen molar-refractivity contribution in [3.63, 3.8) is 0 Å². The predicted octanol–water partition coefficient (Wildman–Crippen LogP) is 4.61. The zero-order valence-electron chi connectivity index (χ0n) is 17.6. The molecule has 0 unspecified atom stereocenters. The van der Waals surface area contributed by atoms with Crippen LogP contribution in [0, 0.1) is 0 Å². The summed E-state index contributed by atoms with van der Waals surface area (Å²) in [7, 11) is -2.20. The number of nitrogens with zero attached hydrogens (tertiary/aromatic N) is 2. The Balaban J connectivity index is 1.78. The summed E-state index contributed by atoms with van der Waals surface area (Å²) >= 11 is 6.20. The van der Waals surface area contributed by atoms with Crippen LogP contribution in [0.5, 0.6) is 0 Å². The molecule has 1 N–H and O–H groups in total. The van der Waals surface area contributed by atoms with E-state index in [1.165, 1.54) is 48.8 Å². The third kappa shape index (κ3) is 4.96. The van der Waals surface area contributed by atoms with Gasteiger partial charge in [0, 0.05) is 37.6 Å². The lowest BCUT2D eigenvalue weighted by atomic mass is 10.1. The molecule has 162 valence electrons. The molecule has 0 aromatic heterocycles. The molecule has 6 nitrogen and oxygen atoms in total. The second kappa shape index (κ2) is 9.37. The predicted molar refractivity (Wildman–Crippen MR) is 122 cm³/mol. The minimum Gasteiger partial charge on any atom is -0.372 e. The molecule has 1 aliphatic rings. The molecule has 0 saturated carbocycles. The van der Waals surface area contributed by atoms with Crippen molar-refractivity contribution in [3.8, 4) is 0 Å². The van der Waals surface area contributed by atoms with Crippen molar-refractivity contribution in [2.75, 3.05) is 30.4 Å². The van der Waals surface area contributed by atoms with Crippen molar-refractivity contribution < 1.29 is 13.2 Å². The molecule has 0 radical (unpaired) electrons. The fraction of sp³-hybridized carbons (Fsp3) is 0.409. The number of rotatable bonds is 6. The van der Waals surface area contributed by atoms with Gasteiger partial charge in [0.25, 0.3) is 5.91 Å². The van der Waals surface area contributed by atoms with E-state index in [4.69, 9.17) is 11.6 Å². The topological polar surface area (TPSA) is 69.7 Å². The molecule has 0 spiro atoms. The first-order valence-corrected chi connectivity index (χ1v) is 12.0. The number of carbonyl (C=O) groups excluding carboxylic acids is 1. The zero-order chi connectivity index (χ0) is 21.9. The van der Waals surface area contributed by atoms with Gasteiger partial charge in [-0.25, -0.2) is 8.42 Å². The van der Waals surface area contributed by atoms with Gasteiger partial charge in [-0.2, -0.15) is 4.31 Å². The summed E-state index contributed by atoms with van der Waals surface area (Å²) in [6.45, 7) is 5.67. The van der Waals surface area contributed by atoms with Crippen LogP contribution >= 0.6 is 11.6 Å². The van der Waals surface area contributed by atoms with Crippen molar-refractivity contribution in [2.24, 2.45) is 0 Å². The summed E-state index contributed by atoms with van der Waals surface area (Å²) in [5.41, 5.74) is 1.88. The third-order valence-electron chi connectivity index (χ3n) is 5.43. The number of benzene rings is 2. The lowest BCUT2D eigenvalue weighted by Gasteiger charge is -2.28. The molecule has 1 aliphatic heterocycles. The van der Waals surface area contributed by atoms with E-state index < -0.39 is 15.9 Å². The second-order valence-electron chi connectivity index (χ2n) is 7.81. The number of hydrogen-bond donors (Lipinski definition) is 1. The van der Waals surface area contributed by atoms with Crippen LogP contribution < -0.4 is 10.2 Å². The van der Waals surface area contributed by atoms with Crippen LogP contribution in [0.1, 0.15) is 43.5 Å². The van der Waals surface area contributed by atoms with Crippen molar-refractivity contribution in [2.45, 2.75) is 44.0 Å². The van der Waals surface area contributed by atoms with Crippen LogP contribution in [-0.4, -0.2) is 44.8 Å².